The molecule has 0 amide bonds. The van der Waals surface area contributed by atoms with Gasteiger partial charge in [0.15, 0.2) is 6.10 Å². The van der Waals surface area contributed by atoms with E-state index in [4.69, 9.17) is 18.5 Å². The molecule has 9 nitrogen and oxygen atoms in total. The van der Waals surface area contributed by atoms with E-state index in [1.807, 2.05) is 21.1 Å². The Morgan fingerprint density at radius 1 is 0.577 bits per heavy atom. The Labute approximate surface area is 319 Å². The minimum Gasteiger partial charge on any atom is -0.462 e. The first kappa shape index (κ1) is 50.5. The summed E-state index contributed by atoms with van der Waals surface area (Å²) in [5.41, 5.74) is 0. The van der Waals surface area contributed by atoms with Crippen molar-refractivity contribution in [1.29, 1.82) is 0 Å². The van der Waals surface area contributed by atoms with Crippen LogP contribution in [0.2, 0.25) is 0 Å². The predicted molar refractivity (Wildman–Crippen MR) is 215 cm³/mol. The highest BCUT2D eigenvalue weighted by Crippen LogP contribution is 2.43. The third-order valence-electron chi connectivity index (χ3n) is 8.93. The molecule has 0 bridgehead atoms. The van der Waals surface area contributed by atoms with Gasteiger partial charge in [-0.2, -0.15) is 0 Å². The fourth-order valence-corrected chi connectivity index (χ4v) is 6.34. The number of quaternary nitrogens is 1. The molecular weight excluding hydrogens is 677 g/mol. The van der Waals surface area contributed by atoms with Crippen molar-refractivity contribution in [2.24, 2.45) is 0 Å². The topological polar surface area (TPSA) is 108 Å². The molecule has 0 rings (SSSR count). The molecule has 0 aromatic rings. The second-order valence-corrected chi connectivity index (χ2v) is 16.8. The number of nitrogens with zero attached hydrogens (tertiary/aromatic N) is 1. The Morgan fingerprint density at radius 3 is 1.50 bits per heavy atom. The van der Waals surface area contributed by atoms with Gasteiger partial charge in [-0.15, -0.1) is 0 Å². The molecule has 0 aliphatic heterocycles. The van der Waals surface area contributed by atoms with Crippen molar-refractivity contribution in [3.63, 3.8) is 0 Å². The highest BCUT2D eigenvalue weighted by atomic mass is 31.2. The van der Waals surface area contributed by atoms with E-state index in [0.717, 1.165) is 70.6 Å². The summed E-state index contributed by atoms with van der Waals surface area (Å²) in [5, 5.41) is 0. The van der Waals surface area contributed by atoms with Crippen molar-refractivity contribution >= 4 is 19.8 Å². The van der Waals surface area contributed by atoms with Crippen LogP contribution in [0, 0.1) is 0 Å². The largest absolute Gasteiger partial charge is 0.472 e. The molecule has 1 N–H and O–H groups in total. The average molecular weight is 759 g/mol. The summed E-state index contributed by atoms with van der Waals surface area (Å²) in [5.74, 6) is -0.814. The molecule has 0 aromatic heterocycles. The zero-order valence-electron chi connectivity index (χ0n) is 34.3. The van der Waals surface area contributed by atoms with Gasteiger partial charge in [0.2, 0.25) is 0 Å². The number of phosphoric ester groups is 1. The lowest BCUT2D eigenvalue weighted by Crippen LogP contribution is -2.37. The van der Waals surface area contributed by atoms with Crippen LogP contribution < -0.4 is 0 Å². The van der Waals surface area contributed by atoms with E-state index >= 15 is 0 Å². The Hall–Kier alpha value is -1.51. The quantitative estimate of drug-likeness (QED) is 0.0218. The Bertz CT molecular complexity index is 949. The Morgan fingerprint density at radius 2 is 1.02 bits per heavy atom. The molecule has 10 heteroatoms. The van der Waals surface area contributed by atoms with Gasteiger partial charge in [-0.05, 0) is 57.8 Å². The first-order chi connectivity index (χ1) is 25.0. The van der Waals surface area contributed by atoms with Crippen molar-refractivity contribution in [3.8, 4) is 0 Å². The van der Waals surface area contributed by atoms with E-state index in [2.05, 4.69) is 38.2 Å². The summed E-state index contributed by atoms with van der Waals surface area (Å²) >= 11 is 0. The van der Waals surface area contributed by atoms with Crippen LogP contribution in [-0.4, -0.2) is 74.9 Å². The molecule has 0 spiro atoms. The van der Waals surface area contributed by atoms with Gasteiger partial charge in [-0.3, -0.25) is 18.6 Å². The SMILES string of the molecule is CCC/C=C\CCCCCCCC(=O)OCC(COP(=O)(O)OCC[N+](C)(C)C)OC(=O)CCCCCCCCC/C=C\CCCCCCCCC. The van der Waals surface area contributed by atoms with E-state index < -0.39 is 26.5 Å². The maximum Gasteiger partial charge on any atom is 0.472 e. The van der Waals surface area contributed by atoms with Gasteiger partial charge in [-0.25, -0.2) is 4.57 Å². The Balaban J connectivity index is 4.34. The second kappa shape index (κ2) is 35.2. The van der Waals surface area contributed by atoms with Crippen LogP contribution in [0.1, 0.15) is 181 Å². The van der Waals surface area contributed by atoms with Gasteiger partial charge in [0.25, 0.3) is 0 Å². The van der Waals surface area contributed by atoms with Crippen LogP contribution in [-0.2, 0) is 32.7 Å². The minimum absolute atomic E-state index is 0.0304. The first-order valence-electron chi connectivity index (χ1n) is 21.1. The average Bonchev–Trinajstić information content (AvgIpc) is 3.09. The van der Waals surface area contributed by atoms with Gasteiger partial charge in [-0.1, -0.05) is 134 Å². The molecule has 2 atom stereocenters. The van der Waals surface area contributed by atoms with Crippen LogP contribution in [0.15, 0.2) is 24.3 Å². The van der Waals surface area contributed by atoms with Gasteiger partial charge in [0.05, 0.1) is 27.7 Å². The first-order valence-corrected chi connectivity index (χ1v) is 22.6. The van der Waals surface area contributed by atoms with Crippen LogP contribution >= 0.6 is 7.82 Å². The summed E-state index contributed by atoms with van der Waals surface area (Å²) in [4.78, 5) is 35.2. The van der Waals surface area contributed by atoms with Crippen LogP contribution in [0.4, 0.5) is 0 Å². The molecule has 0 aliphatic rings. The summed E-state index contributed by atoms with van der Waals surface area (Å²) in [6.45, 7) is 4.34. The van der Waals surface area contributed by atoms with Crippen molar-refractivity contribution in [3.05, 3.63) is 24.3 Å². The van der Waals surface area contributed by atoms with Gasteiger partial charge in [0, 0.05) is 12.8 Å². The molecule has 0 aromatic carbocycles. The second-order valence-electron chi connectivity index (χ2n) is 15.4. The van der Waals surface area contributed by atoms with E-state index in [1.165, 1.54) is 77.0 Å². The van der Waals surface area contributed by atoms with E-state index in [1.54, 1.807) is 0 Å². The van der Waals surface area contributed by atoms with Gasteiger partial charge in [0.1, 0.15) is 19.8 Å². The number of carbonyl (C=O) groups excluding carboxylic acids is 2. The molecule has 0 fully saturated rings. The van der Waals surface area contributed by atoms with Gasteiger partial charge < -0.3 is 18.9 Å². The third-order valence-corrected chi connectivity index (χ3v) is 9.92. The summed E-state index contributed by atoms with van der Waals surface area (Å²) in [6, 6.07) is 0. The molecule has 0 saturated carbocycles. The molecule has 306 valence electrons. The zero-order valence-corrected chi connectivity index (χ0v) is 35.2. The fourth-order valence-electron chi connectivity index (χ4n) is 5.60. The van der Waals surface area contributed by atoms with Crippen molar-refractivity contribution in [2.75, 3.05) is 47.5 Å². The van der Waals surface area contributed by atoms with E-state index in [9.17, 15) is 19.0 Å². The van der Waals surface area contributed by atoms with Crippen molar-refractivity contribution in [1.82, 2.24) is 0 Å². The number of likely N-dealkylation sites (N-methyl/N-ethyl adjacent to an activating group) is 1. The molecular formula is C42H81NO8P+. The van der Waals surface area contributed by atoms with Crippen LogP contribution in [0.25, 0.3) is 0 Å². The van der Waals surface area contributed by atoms with Gasteiger partial charge >= 0.3 is 19.8 Å². The number of hydrogen-bond acceptors (Lipinski definition) is 7. The number of carbonyl (C=O) groups is 2. The molecule has 0 heterocycles. The summed E-state index contributed by atoms with van der Waals surface area (Å²) < 4.78 is 34.2. The molecule has 0 aliphatic carbocycles. The monoisotopic (exact) mass is 759 g/mol. The molecule has 52 heavy (non-hydrogen) atoms. The maximum atomic E-state index is 12.7. The lowest BCUT2D eigenvalue weighted by Gasteiger charge is -2.24. The number of ether oxygens (including phenoxy) is 2. The number of hydrogen-bond donors (Lipinski definition) is 1. The van der Waals surface area contributed by atoms with Crippen molar-refractivity contribution < 1.29 is 42.1 Å². The molecule has 2 unspecified atom stereocenters. The highest BCUT2D eigenvalue weighted by Gasteiger charge is 2.27. The number of phosphoric acid groups is 1. The standard InChI is InChI=1S/C42H80NO8P/c1-6-8-10-12-14-16-18-19-20-21-22-23-24-25-27-29-31-33-35-42(45)51-40(39-50-52(46,47)49-37-36-43(3,4)5)38-48-41(44)34-32-30-28-26-17-15-13-11-9-7-2/h11,13,20-21,40H,6-10,12,14-19,22-39H2,1-5H3/p+1/b13-11-,21-20-. The Kier molecular flexibility index (Phi) is 34.2. The summed E-state index contributed by atoms with van der Waals surface area (Å²) in [7, 11) is 1.47. The van der Waals surface area contributed by atoms with Crippen LogP contribution in [0.5, 0.6) is 0 Å². The number of rotatable bonds is 38. The lowest BCUT2D eigenvalue weighted by atomic mass is 10.1. The summed E-state index contributed by atoms with van der Waals surface area (Å²) in [6.07, 6.45) is 36.6. The van der Waals surface area contributed by atoms with Crippen LogP contribution in [0.3, 0.4) is 0 Å². The molecule has 0 radical (unpaired) electrons. The fraction of sp³-hybridized carbons (Fsp3) is 0.857. The zero-order chi connectivity index (χ0) is 38.6. The van der Waals surface area contributed by atoms with E-state index in [-0.39, 0.29) is 32.0 Å². The van der Waals surface area contributed by atoms with Crippen molar-refractivity contribution in [2.45, 2.75) is 187 Å². The lowest BCUT2D eigenvalue weighted by molar-refractivity contribution is -0.870. The minimum atomic E-state index is -4.37. The number of unbranched alkanes of at least 4 members (excludes halogenated alkanes) is 20. The normalized spacial score (nSPS) is 13.9. The smallest absolute Gasteiger partial charge is 0.462 e. The highest BCUT2D eigenvalue weighted by molar-refractivity contribution is 7.47. The number of allylic oxidation sites excluding steroid dienone is 4. The third kappa shape index (κ3) is 38.2. The maximum absolute atomic E-state index is 12.7. The van der Waals surface area contributed by atoms with E-state index in [0.29, 0.717) is 17.4 Å². The molecule has 0 saturated heterocycles. The predicted octanol–water partition coefficient (Wildman–Crippen LogP) is 11.6. The number of esters is 2.